The fourth-order valence-corrected chi connectivity index (χ4v) is 9.13. The number of carbonyl (C=O) groups is 2. The molecule has 0 saturated carbocycles. The second-order valence-electron chi connectivity index (χ2n) is 18.0. The number of esters is 2. The lowest BCUT2D eigenvalue weighted by Gasteiger charge is -2.32. The van der Waals surface area contributed by atoms with Crippen molar-refractivity contribution in [3.8, 4) is 22.9 Å². The summed E-state index contributed by atoms with van der Waals surface area (Å²) < 4.78 is 22.8. The van der Waals surface area contributed by atoms with Gasteiger partial charge in [0.15, 0.2) is 12.2 Å². The average molecular weight is 953 g/mol. The molecule has 2 unspecified atom stereocenters. The third kappa shape index (κ3) is 14.1. The van der Waals surface area contributed by atoms with Crippen molar-refractivity contribution in [3.05, 3.63) is 164 Å². The number of benzene rings is 4. The van der Waals surface area contributed by atoms with Gasteiger partial charge in [-0.1, -0.05) is 83.8 Å². The van der Waals surface area contributed by atoms with Gasteiger partial charge in [-0.25, -0.2) is 9.59 Å². The minimum atomic E-state index is -0.919. The number of rotatable bonds is 22. The summed E-state index contributed by atoms with van der Waals surface area (Å²) in [5, 5.41) is 30.7. The first-order valence-corrected chi connectivity index (χ1v) is 23.9. The molecule has 2 aliphatic rings. The summed E-state index contributed by atoms with van der Waals surface area (Å²) in [4.78, 5) is 62.3. The lowest BCUT2D eigenvalue weighted by Crippen LogP contribution is -2.33. The fraction of sp³-hybridized carbons (Fsp3) is 0.385. The van der Waals surface area contributed by atoms with E-state index < -0.39 is 34.0 Å². The van der Waals surface area contributed by atoms with Crippen LogP contribution < -0.4 is 0 Å². The van der Waals surface area contributed by atoms with Gasteiger partial charge in [0.1, 0.15) is 0 Å². The molecule has 0 N–H and O–H groups in total. The highest BCUT2D eigenvalue weighted by atomic mass is 16.6. The van der Waals surface area contributed by atoms with Crippen LogP contribution in [-0.4, -0.2) is 78.0 Å². The van der Waals surface area contributed by atoms with Crippen molar-refractivity contribution >= 4 is 23.3 Å². The summed E-state index contributed by atoms with van der Waals surface area (Å²) in [6.07, 6.45) is 8.32. The Labute approximate surface area is 405 Å². The zero-order valence-corrected chi connectivity index (χ0v) is 38.8. The molecule has 2 atom stereocenters. The largest absolute Gasteiger partial charge is 0.451 e. The average Bonchev–Trinajstić information content (AvgIpc) is 4.09. The molecule has 8 rings (SSSR count). The van der Waals surface area contributed by atoms with E-state index in [0.717, 1.165) is 89.9 Å². The minimum Gasteiger partial charge on any atom is -0.451 e. The van der Waals surface area contributed by atoms with E-state index in [4.69, 9.17) is 18.5 Å². The summed E-state index contributed by atoms with van der Waals surface area (Å²) in [5.41, 5.74) is 3.32. The van der Waals surface area contributed by atoms with Crippen LogP contribution in [0.25, 0.3) is 22.9 Å². The molecule has 18 nitrogen and oxygen atoms in total. The zero-order valence-electron chi connectivity index (χ0n) is 38.8. The Bertz CT molecular complexity index is 2480. The highest BCUT2D eigenvalue weighted by molar-refractivity contribution is 5.91. The van der Waals surface area contributed by atoms with Crippen molar-refractivity contribution in [2.75, 3.05) is 26.2 Å². The Morgan fingerprint density at radius 2 is 0.957 bits per heavy atom. The van der Waals surface area contributed by atoms with Gasteiger partial charge in [-0.3, -0.25) is 30.0 Å². The summed E-state index contributed by atoms with van der Waals surface area (Å²) >= 11 is 0. The number of ether oxygens (including phenoxy) is 2. The quantitative estimate of drug-likeness (QED) is 0.0267. The van der Waals surface area contributed by atoms with E-state index in [1.165, 1.54) is 59.7 Å². The first kappa shape index (κ1) is 49.0. The van der Waals surface area contributed by atoms with Gasteiger partial charge in [0.2, 0.25) is 11.6 Å². The van der Waals surface area contributed by atoms with Gasteiger partial charge in [0, 0.05) is 60.6 Å². The third-order valence-electron chi connectivity index (χ3n) is 13.1. The molecule has 2 fully saturated rings. The highest BCUT2D eigenvalue weighted by Gasteiger charge is 2.28. The number of hydrogen-bond acceptors (Lipinski definition) is 16. The number of aromatic nitrogens is 4. The molecule has 70 heavy (non-hydrogen) atoms. The SMILES string of the molecule is O=C(/C=C/C(=O)OC(CCCC1CCN(Cc2ccccc2)CC1)c1noc(-c2ccc([N+](=O)[O-])cc2)n1)OC(CCCC1CCN(Cc2ccccc2)CC1)c1noc(-c2ccc([N+](=O)[O-])cc2)n1. The van der Waals surface area contributed by atoms with E-state index >= 15 is 0 Å². The van der Waals surface area contributed by atoms with Gasteiger partial charge in [0.05, 0.1) is 9.85 Å². The Morgan fingerprint density at radius 3 is 1.31 bits per heavy atom. The van der Waals surface area contributed by atoms with Crippen LogP contribution in [0.4, 0.5) is 11.4 Å². The van der Waals surface area contributed by atoms with E-state index in [1.54, 1.807) is 0 Å². The molecule has 2 aromatic heterocycles. The van der Waals surface area contributed by atoms with E-state index in [-0.39, 0.29) is 34.8 Å². The molecule has 2 saturated heterocycles. The molecule has 2 aliphatic heterocycles. The van der Waals surface area contributed by atoms with Gasteiger partial charge < -0.3 is 18.5 Å². The number of hydrogen-bond donors (Lipinski definition) is 0. The maximum Gasteiger partial charge on any atom is 0.331 e. The maximum absolute atomic E-state index is 13.5. The summed E-state index contributed by atoms with van der Waals surface area (Å²) in [7, 11) is 0. The number of carbonyl (C=O) groups excluding carboxylic acids is 2. The van der Waals surface area contributed by atoms with E-state index in [2.05, 4.69) is 78.6 Å². The monoisotopic (exact) mass is 952 g/mol. The van der Waals surface area contributed by atoms with Gasteiger partial charge in [-0.05, 0) is 125 Å². The van der Waals surface area contributed by atoms with Gasteiger partial charge in [0.25, 0.3) is 23.2 Å². The second-order valence-corrected chi connectivity index (χ2v) is 18.0. The van der Waals surface area contributed by atoms with Crippen LogP contribution in [0.5, 0.6) is 0 Å². The second kappa shape index (κ2) is 24.2. The van der Waals surface area contributed by atoms with Crippen molar-refractivity contribution in [1.29, 1.82) is 0 Å². The van der Waals surface area contributed by atoms with Crippen molar-refractivity contribution in [3.63, 3.8) is 0 Å². The zero-order chi connectivity index (χ0) is 48.7. The Morgan fingerprint density at radius 1 is 0.586 bits per heavy atom. The van der Waals surface area contributed by atoms with Gasteiger partial charge in [-0.15, -0.1) is 0 Å². The molecular weight excluding hydrogens is 897 g/mol. The summed E-state index contributed by atoms with van der Waals surface area (Å²) in [6.45, 7) is 5.80. The lowest BCUT2D eigenvalue weighted by molar-refractivity contribution is -0.385. The molecule has 0 bridgehead atoms. The smallest absolute Gasteiger partial charge is 0.331 e. The fourth-order valence-electron chi connectivity index (χ4n) is 9.13. The molecule has 0 aliphatic carbocycles. The van der Waals surface area contributed by atoms with Crippen LogP contribution >= 0.6 is 0 Å². The molecule has 18 heteroatoms. The molecule has 0 radical (unpaired) electrons. The highest BCUT2D eigenvalue weighted by Crippen LogP contribution is 2.32. The number of nitrogens with zero attached hydrogens (tertiary/aromatic N) is 8. The van der Waals surface area contributed by atoms with Crippen LogP contribution in [0, 0.1) is 32.1 Å². The number of nitro benzene ring substituents is 2. The molecule has 364 valence electrons. The van der Waals surface area contributed by atoms with Crippen molar-refractivity contribution in [1.82, 2.24) is 30.1 Å². The lowest BCUT2D eigenvalue weighted by atomic mass is 9.90. The van der Waals surface area contributed by atoms with Gasteiger partial charge in [-0.2, -0.15) is 9.97 Å². The molecule has 0 amide bonds. The standard InChI is InChI=1S/C52H56N8O10/c61-47(67-45(49-53-51(69-55-49)41-17-21-43(22-18-41)59(63)64)15-7-13-37-27-31-57(32-28-37)35-39-9-3-1-4-10-39)25-26-48(62)68-46(50-54-52(70-56-50)42-19-23-44(24-20-42)60(65)66)16-8-14-38-29-33-58(34-30-38)36-40-11-5-2-6-12-40/h1-6,9-12,17-26,37-38,45-46H,7-8,13-16,27-36H2/b26-25+. The van der Waals surface area contributed by atoms with Crippen LogP contribution in [-0.2, 0) is 32.2 Å². The van der Waals surface area contributed by atoms with Crippen LogP contribution in [0.15, 0.2) is 130 Å². The molecule has 6 aromatic rings. The first-order chi connectivity index (χ1) is 34.1. The van der Waals surface area contributed by atoms with Crippen LogP contribution in [0.1, 0.15) is 99.2 Å². The Kier molecular flexibility index (Phi) is 16.9. The predicted octanol–water partition coefficient (Wildman–Crippen LogP) is 10.2. The normalized spacial score (nSPS) is 15.9. The van der Waals surface area contributed by atoms with Crippen molar-refractivity contribution in [2.24, 2.45) is 11.8 Å². The van der Waals surface area contributed by atoms with E-state index in [1.807, 2.05) is 12.1 Å². The topological polar surface area (TPSA) is 223 Å². The summed E-state index contributed by atoms with van der Waals surface area (Å²) in [6, 6.07) is 32.2. The van der Waals surface area contributed by atoms with E-state index in [0.29, 0.717) is 48.6 Å². The number of likely N-dealkylation sites (tertiary alicyclic amines) is 2. The molecule has 4 heterocycles. The van der Waals surface area contributed by atoms with Crippen molar-refractivity contribution in [2.45, 2.75) is 89.5 Å². The molecule has 4 aromatic carbocycles. The van der Waals surface area contributed by atoms with Crippen LogP contribution in [0.3, 0.4) is 0 Å². The predicted molar refractivity (Wildman–Crippen MR) is 256 cm³/mol. The van der Waals surface area contributed by atoms with Crippen LogP contribution in [0.2, 0.25) is 0 Å². The van der Waals surface area contributed by atoms with E-state index in [9.17, 15) is 29.8 Å². The summed E-state index contributed by atoms with van der Waals surface area (Å²) in [5.74, 6) is -0.205. The molecule has 0 spiro atoms. The molecular formula is C52H56N8O10. The number of nitro groups is 2. The maximum atomic E-state index is 13.5. The Balaban J connectivity index is 0.896. The number of piperidine rings is 2. The van der Waals surface area contributed by atoms with Crippen molar-refractivity contribution < 1.29 is 38.0 Å². The third-order valence-corrected chi connectivity index (χ3v) is 13.1. The first-order valence-electron chi connectivity index (χ1n) is 23.9. The number of non-ortho nitro benzene ring substituents is 2. The Hall–Kier alpha value is -7.44. The minimum absolute atomic E-state index is 0.0897. The van der Waals surface area contributed by atoms with Gasteiger partial charge >= 0.3 is 11.9 Å².